The van der Waals surface area contributed by atoms with Gasteiger partial charge in [0.1, 0.15) is 5.75 Å². The van der Waals surface area contributed by atoms with Crippen molar-refractivity contribution in [1.82, 2.24) is 5.32 Å². The molecule has 5 heteroatoms. The molecule has 1 aromatic rings. The third-order valence-electron chi connectivity index (χ3n) is 2.50. The van der Waals surface area contributed by atoms with Crippen molar-refractivity contribution in [3.05, 3.63) is 29.8 Å². The summed E-state index contributed by atoms with van der Waals surface area (Å²) in [5.41, 5.74) is -0.717. The maximum absolute atomic E-state index is 12.7. The van der Waals surface area contributed by atoms with E-state index < -0.39 is 11.7 Å². The van der Waals surface area contributed by atoms with Gasteiger partial charge in [-0.2, -0.15) is 13.2 Å². The fraction of sp³-hybridized carbons (Fsp3) is 0.571. The number of ether oxygens (including phenoxy) is 1. The van der Waals surface area contributed by atoms with Crippen molar-refractivity contribution < 1.29 is 17.9 Å². The van der Waals surface area contributed by atoms with E-state index in [-0.39, 0.29) is 12.4 Å². The highest BCUT2D eigenvalue weighted by Crippen LogP contribution is 2.35. The minimum Gasteiger partial charge on any atom is -0.493 e. The van der Waals surface area contributed by atoms with Crippen LogP contribution >= 0.6 is 0 Å². The van der Waals surface area contributed by atoms with E-state index in [1.54, 1.807) is 6.07 Å². The Balaban J connectivity index is 2.37. The largest absolute Gasteiger partial charge is 0.493 e. The van der Waals surface area contributed by atoms with Gasteiger partial charge < -0.3 is 10.1 Å². The average Bonchev–Trinajstić information content (AvgIpc) is 2.32. The van der Waals surface area contributed by atoms with Gasteiger partial charge in [-0.25, -0.2) is 0 Å². The summed E-state index contributed by atoms with van der Waals surface area (Å²) >= 11 is 0. The third-order valence-corrected chi connectivity index (χ3v) is 2.50. The molecule has 0 amide bonds. The Bertz CT molecular complexity index is 377. The quantitative estimate of drug-likeness (QED) is 0.766. The van der Waals surface area contributed by atoms with Crippen LogP contribution in [0.25, 0.3) is 0 Å². The van der Waals surface area contributed by atoms with Crippen LogP contribution in [0.1, 0.15) is 25.8 Å². The van der Waals surface area contributed by atoms with Gasteiger partial charge in [-0.15, -0.1) is 0 Å². The van der Waals surface area contributed by atoms with E-state index in [2.05, 4.69) is 19.2 Å². The summed E-state index contributed by atoms with van der Waals surface area (Å²) < 4.78 is 43.2. The van der Waals surface area contributed by atoms with Crippen molar-refractivity contribution in [2.45, 2.75) is 26.4 Å². The summed E-state index contributed by atoms with van der Waals surface area (Å²) in [5, 5.41) is 3.21. The Morgan fingerprint density at radius 3 is 2.53 bits per heavy atom. The van der Waals surface area contributed by atoms with Gasteiger partial charge in [0.15, 0.2) is 0 Å². The standard InChI is InChI=1S/C14H20F3NO/c1-11(2)10-18-8-5-9-19-13-7-4-3-6-12(13)14(15,16)17/h3-4,6-7,11,18H,5,8-10H2,1-2H3. The molecule has 0 saturated carbocycles. The van der Waals surface area contributed by atoms with Gasteiger partial charge in [0.25, 0.3) is 0 Å². The van der Waals surface area contributed by atoms with Crippen molar-refractivity contribution >= 4 is 0 Å². The van der Waals surface area contributed by atoms with Crippen molar-refractivity contribution in [2.75, 3.05) is 19.7 Å². The molecule has 0 spiro atoms. The highest BCUT2D eigenvalue weighted by molar-refractivity contribution is 5.35. The number of hydrogen-bond donors (Lipinski definition) is 1. The lowest BCUT2D eigenvalue weighted by atomic mass is 10.2. The molecule has 0 atom stereocenters. The second kappa shape index (κ2) is 7.38. The first-order chi connectivity index (χ1) is 8.91. The third kappa shape index (κ3) is 5.96. The average molecular weight is 275 g/mol. The second-order valence-electron chi connectivity index (χ2n) is 4.79. The number of para-hydroxylation sites is 1. The summed E-state index contributed by atoms with van der Waals surface area (Å²) in [6.45, 7) is 6.12. The Morgan fingerprint density at radius 2 is 1.89 bits per heavy atom. The van der Waals surface area contributed by atoms with Gasteiger partial charge in [0.05, 0.1) is 12.2 Å². The molecule has 0 fully saturated rings. The van der Waals surface area contributed by atoms with E-state index in [1.807, 2.05) is 0 Å². The minimum absolute atomic E-state index is 0.0983. The summed E-state index contributed by atoms with van der Waals surface area (Å²) in [7, 11) is 0. The molecular formula is C14H20F3NO. The molecule has 0 aromatic heterocycles. The van der Waals surface area contributed by atoms with E-state index in [0.717, 1.165) is 19.2 Å². The molecule has 0 bridgehead atoms. The second-order valence-corrected chi connectivity index (χ2v) is 4.79. The van der Waals surface area contributed by atoms with Crippen LogP contribution < -0.4 is 10.1 Å². The van der Waals surface area contributed by atoms with Gasteiger partial charge in [-0.1, -0.05) is 26.0 Å². The summed E-state index contributed by atoms with van der Waals surface area (Å²) in [6, 6.07) is 5.29. The highest BCUT2D eigenvalue weighted by Gasteiger charge is 2.33. The molecule has 0 aliphatic carbocycles. The zero-order chi connectivity index (χ0) is 14.3. The van der Waals surface area contributed by atoms with Crippen molar-refractivity contribution in [3.63, 3.8) is 0 Å². The first-order valence-corrected chi connectivity index (χ1v) is 6.41. The van der Waals surface area contributed by atoms with E-state index in [0.29, 0.717) is 12.3 Å². The van der Waals surface area contributed by atoms with Crippen LogP contribution in [-0.4, -0.2) is 19.7 Å². The molecule has 0 saturated heterocycles. The van der Waals surface area contributed by atoms with Crippen LogP contribution in [0.2, 0.25) is 0 Å². The minimum atomic E-state index is -4.37. The van der Waals surface area contributed by atoms with Crippen LogP contribution in [0.15, 0.2) is 24.3 Å². The molecule has 1 N–H and O–H groups in total. The monoisotopic (exact) mass is 275 g/mol. The fourth-order valence-corrected chi connectivity index (χ4v) is 1.60. The topological polar surface area (TPSA) is 21.3 Å². The lowest BCUT2D eigenvalue weighted by Crippen LogP contribution is -2.22. The molecule has 19 heavy (non-hydrogen) atoms. The predicted octanol–water partition coefficient (Wildman–Crippen LogP) is 3.72. The van der Waals surface area contributed by atoms with Gasteiger partial charge in [0, 0.05) is 0 Å². The number of benzene rings is 1. The van der Waals surface area contributed by atoms with Crippen LogP contribution in [-0.2, 0) is 6.18 Å². The molecule has 0 unspecified atom stereocenters. The zero-order valence-electron chi connectivity index (χ0n) is 11.3. The van der Waals surface area contributed by atoms with Crippen LogP contribution in [0.3, 0.4) is 0 Å². The molecule has 1 aromatic carbocycles. The van der Waals surface area contributed by atoms with E-state index in [1.165, 1.54) is 12.1 Å². The van der Waals surface area contributed by atoms with Crippen molar-refractivity contribution in [2.24, 2.45) is 5.92 Å². The van der Waals surface area contributed by atoms with E-state index in [9.17, 15) is 13.2 Å². The maximum Gasteiger partial charge on any atom is 0.419 e. The molecular weight excluding hydrogens is 255 g/mol. The molecule has 0 heterocycles. The first-order valence-electron chi connectivity index (χ1n) is 6.41. The fourth-order valence-electron chi connectivity index (χ4n) is 1.60. The highest BCUT2D eigenvalue weighted by atomic mass is 19.4. The molecule has 0 aliphatic heterocycles. The van der Waals surface area contributed by atoms with E-state index >= 15 is 0 Å². The van der Waals surface area contributed by atoms with Crippen molar-refractivity contribution in [3.8, 4) is 5.75 Å². The van der Waals surface area contributed by atoms with E-state index in [4.69, 9.17) is 4.74 Å². The summed E-state index contributed by atoms with van der Waals surface area (Å²) in [5.74, 6) is 0.464. The van der Waals surface area contributed by atoms with Gasteiger partial charge in [-0.05, 0) is 37.6 Å². The van der Waals surface area contributed by atoms with Crippen molar-refractivity contribution in [1.29, 1.82) is 0 Å². The Morgan fingerprint density at radius 1 is 1.21 bits per heavy atom. The molecule has 2 nitrogen and oxygen atoms in total. The lowest BCUT2D eigenvalue weighted by molar-refractivity contribution is -0.138. The molecule has 0 aliphatic rings. The Hall–Kier alpha value is -1.23. The predicted molar refractivity (Wildman–Crippen MR) is 69.3 cm³/mol. The van der Waals surface area contributed by atoms with Gasteiger partial charge >= 0.3 is 6.18 Å². The number of alkyl halides is 3. The number of hydrogen-bond acceptors (Lipinski definition) is 2. The molecule has 0 radical (unpaired) electrons. The smallest absolute Gasteiger partial charge is 0.419 e. The Labute approximate surface area is 112 Å². The number of nitrogens with one attached hydrogen (secondary N) is 1. The molecule has 1 rings (SSSR count). The Kier molecular flexibility index (Phi) is 6.15. The SMILES string of the molecule is CC(C)CNCCCOc1ccccc1C(F)(F)F. The van der Waals surface area contributed by atoms with Crippen LogP contribution in [0.5, 0.6) is 5.75 Å². The lowest BCUT2D eigenvalue weighted by Gasteiger charge is -2.14. The summed E-state index contributed by atoms with van der Waals surface area (Å²) in [6.07, 6.45) is -3.69. The molecule has 108 valence electrons. The van der Waals surface area contributed by atoms with Crippen LogP contribution in [0, 0.1) is 5.92 Å². The number of halogens is 3. The zero-order valence-corrected chi connectivity index (χ0v) is 11.3. The van der Waals surface area contributed by atoms with Gasteiger partial charge in [0.2, 0.25) is 0 Å². The normalized spacial score (nSPS) is 11.9. The van der Waals surface area contributed by atoms with Crippen LogP contribution in [0.4, 0.5) is 13.2 Å². The maximum atomic E-state index is 12.7. The van der Waals surface area contributed by atoms with Gasteiger partial charge in [-0.3, -0.25) is 0 Å². The first kappa shape index (κ1) is 15.8. The number of rotatable bonds is 7. The summed E-state index contributed by atoms with van der Waals surface area (Å²) in [4.78, 5) is 0.